The molecule has 0 spiro atoms. The highest BCUT2D eigenvalue weighted by Crippen LogP contribution is 2.53. The van der Waals surface area contributed by atoms with Gasteiger partial charge in [-0.15, -0.1) is 0 Å². The Morgan fingerprint density at radius 1 is 1.20 bits per heavy atom. The lowest BCUT2D eigenvalue weighted by Gasteiger charge is -2.54. The summed E-state index contributed by atoms with van der Waals surface area (Å²) >= 11 is 0. The first-order valence-corrected chi connectivity index (χ1v) is 10.1. The van der Waals surface area contributed by atoms with Gasteiger partial charge < -0.3 is 14.4 Å². The highest BCUT2D eigenvalue weighted by Gasteiger charge is 2.56. The van der Waals surface area contributed by atoms with E-state index < -0.39 is 5.79 Å². The first kappa shape index (κ1) is 19.2. The summed E-state index contributed by atoms with van der Waals surface area (Å²) in [5.41, 5.74) is 0.0527. The molecule has 0 N–H and O–H groups in total. The molecule has 3 aliphatic rings. The molecule has 2 aliphatic heterocycles. The molecule has 0 aromatic carbocycles. The summed E-state index contributed by atoms with van der Waals surface area (Å²) in [6.07, 6.45) is 4.28. The van der Waals surface area contributed by atoms with Crippen LogP contribution < -0.4 is 0 Å². The fourth-order valence-corrected chi connectivity index (χ4v) is 5.53. The average Bonchev–Trinajstić information content (AvgIpc) is 2.69. The summed E-state index contributed by atoms with van der Waals surface area (Å²) in [6, 6.07) is 0. The predicted molar refractivity (Wildman–Crippen MR) is 98.7 cm³/mol. The van der Waals surface area contributed by atoms with Crippen molar-refractivity contribution < 1.29 is 14.3 Å². The van der Waals surface area contributed by atoms with E-state index in [1.807, 2.05) is 6.92 Å². The highest BCUT2D eigenvalue weighted by atomic mass is 16.7. The normalized spacial score (nSPS) is 45.1. The van der Waals surface area contributed by atoms with Gasteiger partial charge in [-0.25, -0.2) is 0 Å². The Bertz CT molecular complexity index is 514. The lowest BCUT2D eigenvalue weighted by molar-refractivity contribution is -0.283. The molecule has 1 amide bonds. The van der Waals surface area contributed by atoms with Crippen molar-refractivity contribution in [1.82, 2.24) is 4.90 Å². The van der Waals surface area contributed by atoms with E-state index in [2.05, 4.69) is 39.5 Å². The molecule has 4 heteroatoms. The molecular formula is C21H37NO3. The molecule has 0 bridgehead atoms. The monoisotopic (exact) mass is 351 g/mol. The molecule has 3 rings (SSSR count). The zero-order valence-electron chi connectivity index (χ0n) is 17.2. The number of carbonyl (C=O) groups is 1. The summed E-state index contributed by atoms with van der Waals surface area (Å²) in [5, 5.41) is 0. The second kappa shape index (κ2) is 6.53. The Labute approximate surface area is 153 Å². The van der Waals surface area contributed by atoms with Crippen LogP contribution in [0.4, 0.5) is 0 Å². The number of methoxy groups -OCH3 is 1. The number of amides is 1. The smallest absolute Gasteiger partial charge is 0.227 e. The summed E-state index contributed by atoms with van der Waals surface area (Å²) in [5.74, 6) is 2.00. The van der Waals surface area contributed by atoms with Crippen LogP contribution in [-0.4, -0.2) is 36.5 Å². The molecule has 0 aromatic rings. The van der Waals surface area contributed by atoms with Gasteiger partial charge in [-0.3, -0.25) is 4.79 Å². The second-order valence-corrected chi connectivity index (χ2v) is 10.2. The SMILES string of the molecule is CO[C@@]1(C)CC[C@@H]2C3C(CC[C@H]2C)[C@@H](C)C(=O)N(CC(C)(C)C)[C@@H]3O1. The van der Waals surface area contributed by atoms with E-state index >= 15 is 0 Å². The van der Waals surface area contributed by atoms with Crippen molar-refractivity contribution in [3.05, 3.63) is 0 Å². The van der Waals surface area contributed by atoms with Crippen molar-refractivity contribution in [3.63, 3.8) is 0 Å². The van der Waals surface area contributed by atoms with Gasteiger partial charge in [-0.05, 0) is 42.9 Å². The maximum atomic E-state index is 13.3. The molecule has 0 radical (unpaired) electrons. The van der Waals surface area contributed by atoms with Gasteiger partial charge in [0.05, 0.1) is 0 Å². The van der Waals surface area contributed by atoms with Crippen molar-refractivity contribution in [1.29, 1.82) is 0 Å². The number of ether oxygens (including phenoxy) is 2. The van der Waals surface area contributed by atoms with Crippen LogP contribution in [0.5, 0.6) is 0 Å². The third-order valence-electron chi connectivity index (χ3n) is 7.00. The molecule has 4 nitrogen and oxygen atoms in total. The molecular weight excluding hydrogens is 314 g/mol. The Balaban J connectivity index is 2.02. The summed E-state index contributed by atoms with van der Waals surface area (Å²) in [6.45, 7) is 13.9. The van der Waals surface area contributed by atoms with Crippen molar-refractivity contribution >= 4 is 5.91 Å². The quantitative estimate of drug-likeness (QED) is 0.745. The fourth-order valence-electron chi connectivity index (χ4n) is 5.53. The third kappa shape index (κ3) is 3.49. The highest BCUT2D eigenvalue weighted by molar-refractivity contribution is 5.80. The van der Waals surface area contributed by atoms with Gasteiger partial charge in [0, 0.05) is 31.9 Å². The van der Waals surface area contributed by atoms with Crippen LogP contribution in [0, 0.1) is 35.0 Å². The molecule has 1 saturated carbocycles. The molecule has 2 saturated heterocycles. The minimum atomic E-state index is -0.594. The summed E-state index contributed by atoms with van der Waals surface area (Å²) in [7, 11) is 1.73. The molecule has 7 atom stereocenters. The summed E-state index contributed by atoms with van der Waals surface area (Å²) < 4.78 is 12.4. The number of piperidine rings is 1. The Hall–Kier alpha value is -0.610. The zero-order valence-corrected chi connectivity index (χ0v) is 17.2. The lowest BCUT2D eigenvalue weighted by Crippen LogP contribution is -2.62. The van der Waals surface area contributed by atoms with E-state index in [1.54, 1.807) is 7.11 Å². The van der Waals surface area contributed by atoms with E-state index in [0.29, 0.717) is 23.7 Å². The Kier molecular flexibility index (Phi) is 5.00. The van der Waals surface area contributed by atoms with Crippen LogP contribution >= 0.6 is 0 Å². The predicted octanol–water partition coefficient (Wildman–Crippen LogP) is 4.29. The van der Waals surface area contributed by atoms with Gasteiger partial charge in [0.25, 0.3) is 0 Å². The summed E-state index contributed by atoms with van der Waals surface area (Å²) in [4.78, 5) is 15.3. The molecule has 2 heterocycles. The number of carbonyl (C=O) groups excluding carboxylic acids is 1. The van der Waals surface area contributed by atoms with Crippen LogP contribution in [0.3, 0.4) is 0 Å². The van der Waals surface area contributed by atoms with E-state index in [1.165, 1.54) is 6.42 Å². The largest absolute Gasteiger partial charge is 0.353 e. The maximum Gasteiger partial charge on any atom is 0.227 e. The number of nitrogens with zero attached hydrogens (tertiary/aromatic N) is 1. The van der Waals surface area contributed by atoms with Crippen LogP contribution in [0.2, 0.25) is 0 Å². The first-order valence-electron chi connectivity index (χ1n) is 10.1. The van der Waals surface area contributed by atoms with E-state index in [4.69, 9.17) is 9.47 Å². The molecule has 25 heavy (non-hydrogen) atoms. The zero-order chi connectivity index (χ0) is 18.6. The number of likely N-dealkylation sites (tertiary alicyclic amines) is 1. The van der Waals surface area contributed by atoms with Crippen LogP contribution in [0.15, 0.2) is 0 Å². The van der Waals surface area contributed by atoms with Crippen molar-refractivity contribution in [2.45, 2.75) is 79.2 Å². The van der Waals surface area contributed by atoms with Gasteiger partial charge in [-0.1, -0.05) is 41.0 Å². The molecule has 144 valence electrons. The first-order chi connectivity index (χ1) is 11.6. The Morgan fingerprint density at radius 2 is 1.88 bits per heavy atom. The van der Waals surface area contributed by atoms with Crippen LogP contribution in [0.25, 0.3) is 0 Å². The van der Waals surface area contributed by atoms with Crippen LogP contribution in [0.1, 0.15) is 67.2 Å². The Morgan fingerprint density at radius 3 is 2.48 bits per heavy atom. The second-order valence-electron chi connectivity index (χ2n) is 10.2. The van der Waals surface area contributed by atoms with Crippen LogP contribution in [-0.2, 0) is 14.3 Å². The maximum absolute atomic E-state index is 13.3. The third-order valence-corrected chi connectivity index (χ3v) is 7.00. The minimum absolute atomic E-state index is 0.0527. The topological polar surface area (TPSA) is 38.8 Å². The van der Waals surface area contributed by atoms with Crippen molar-refractivity contribution in [2.75, 3.05) is 13.7 Å². The van der Waals surface area contributed by atoms with Crippen molar-refractivity contribution in [2.24, 2.45) is 35.0 Å². The molecule has 0 aromatic heterocycles. The molecule has 3 fully saturated rings. The molecule has 2 unspecified atom stereocenters. The van der Waals surface area contributed by atoms with Gasteiger partial charge in [0.15, 0.2) is 5.79 Å². The van der Waals surface area contributed by atoms with E-state index in [-0.39, 0.29) is 23.5 Å². The van der Waals surface area contributed by atoms with Gasteiger partial charge in [0.2, 0.25) is 5.91 Å². The van der Waals surface area contributed by atoms with Gasteiger partial charge in [0.1, 0.15) is 6.23 Å². The van der Waals surface area contributed by atoms with Gasteiger partial charge >= 0.3 is 0 Å². The number of rotatable bonds is 2. The lowest BCUT2D eigenvalue weighted by atomic mass is 9.60. The number of hydrogen-bond donors (Lipinski definition) is 0. The molecule has 1 aliphatic carbocycles. The van der Waals surface area contributed by atoms with Crippen molar-refractivity contribution in [3.8, 4) is 0 Å². The van der Waals surface area contributed by atoms with E-state index in [9.17, 15) is 4.79 Å². The van der Waals surface area contributed by atoms with E-state index in [0.717, 1.165) is 25.8 Å². The van der Waals surface area contributed by atoms with Gasteiger partial charge in [-0.2, -0.15) is 0 Å². The standard InChI is InChI=1S/C21H37NO3/c1-13-8-9-16-14(2)18(23)22(12-20(3,4)5)19-17(16)15(13)10-11-21(6,24-7)25-19/h13-17,19H,8-12H2,1-7H3/t13-,14-,15+,16?,17?,19-,21-/m1/s1. The fraction of sp³-hybridized carbons (Fsp3) is 0.952. The number of hydrogen-bond acceptors (Lipinski definition) is 3. The minimum Gasteiger partial charge on any atom is -0.353 e. The average molecular weight is 352 g/mol.